The number of carbonyl (C=O) groups is 2. The van der Waals surface area contributed by atoms with Gasteiger partial charge in [-0.25, -0.2) is 0 Å². The van der Waals surface area contributed by atoms with Crippen LogP contribution in [0.15, 0.2) is 48.5 Å². The minimum Gasteiger partial charge on any atom is -0.497 e. The molecule has 1 aliphatic rings. The van der Waals surface area contributed by atoms with Gasteiger partial charge >= 0.3 is 0 Å². The van der Waals surface area contributed by atoms with E-state index in [0.717, 1.165) is 0 Å². The second kappa shape index (κ2) is 8.34. The van der Waals surface area contributed by atoms with Gasteiger partial charge in [-0.15, -0.1) is 0 Å². The Labute approximate surface area is 158 Å². The van der Waals surface area contributed by atoms with Crippen LogP contribution in [0.2, 0.25) is 5.02 Å². The fraction of sp³-hybridized carbons (Fsp3) is 0.300. The molecule has 26 heavy (non-hydrogen) atoms. The molecule has 2 aromatic rings. The number of benzene rings is 2. The highest BCUT2D eigenvalue weighted by atomic mass is 35.5. The van der Waals surface area contributed by atoms with E-state index >= 15 is 0 Å². The molecule has 0 aliphatic carbocycles. The molecule has 0 saturated carbocycles. The van der Waals surface area contributed by atoms with Gasteiger partial charge < -0.3 is 9.64 Å². The molecule has 0 bridgehead atoms. The van der Waals surface area contributed by atoms with Crippen LogP contribution in [0.3, 0.4) is 0 Å². The van der Waals surface area contributed by atoms with Crippen LogP contribution in [0.25, 0.3) is 0 Å². The number of ether oxygens (including phenoxy) is 1. The largest absolute Gasteiger partial charge is 0.497 e. The number of hydrogen-bond acceptors (Lipinski definition) is 4. The van der Waals surface area contributed by atoms with Crippen molar-refractivity contribution >= 4 is 23.3 Å². The summed E-state index contributed by atoms with van der Waals surface area (Å²) in [6.07, 6.45) is 0. The Morgan fingerprint density at radius 2 is 1.69 bits per heavy atom. The summed E-state index contributed by atoms with van der Waals surface area (Å²) in [4.78, 5) is 28.9. The maximum Gasteiger partial charge on any atom is 0.254 e. The lowest BCUT2D eigenvalue weighted by Gasteiger charge is -2.34. The summed E-state index contributed by atoms with van der Waals surface area (Å²) in [6, 6.07) is 14.1. The van der Waals surface area contributed by atoms with Gasteiger partial charge in [-0.1, -0.05) is 17.7 Å². The van der Waals surface area contributed by atoms with E-state index < -0.39 is 0 Å². The predicted octanol–water partition coefficient (Wildman–Crippen LogP) is 2.99. The summed E-state index contributed by atoms with van der Waals surface area (Å²) < 4.78 is 5.18. The zero-order valence-electron chi connectivity index (χ0n) is 14.7. The molecule has 136 valence electrons. The number of halogens is 1. The fourth-order valence-corrected chi connectivity index (χ4v) is 3.10. The Balaban J connectivity index is 1.54. The summed E-state index contributed by atoms with van der Waals surface area (Å²) >= 11 is 5.86. The van der Waals surface area contributed by atoms with E-state index in [4.69, 9.17) is 16.3 Å². The molecule has 0 spiro atoms. The molecule has 6 heteroatoms. The zero-order valence-corrected chi connectivity index (χ0v) is 15.4. The molecule has 5 nitrogen and oxygen atoms in total. The van der Waals surface area contributed by atoms with Crippen LogP contribution >= 0.6 is 11.6 Å². The SMILES string of the molecule is COc1cccc(C(=O)N2CCN(CC(=O)c3ccc(Cl)cc3)CC2)c1. The monoisotopic (exact) mass is 372 g/mol. The van der Waals surface area contributed by atoms with Crippen molar-refractivity contribution in [2.75, 3.05) is 39.8 Å². The highest BCUT2D eigenvalue weighted by Crippen LogP contribution is 2.16. The maximum absolute atomic E-state index is 12.6. The minimum absolute atomic E-state index is 0.00687. The number of methoxy groups -OCH3 is 1. The number of ketones is 1. The van der Waals surface area contributed by atoms with E-state index in [0.29, 0.717) is 54.6 Å². The van der Waals surface area contributed by atoms with Crippen LogP contribution in [0.5, 0.6) is 5.75 Å². The van der Waals surface area contributed by atoms with Crippen molar-refractivity contribution in [1.82, 2.24) is 9.80 Å². The summed E-state index contributed by atoms with van der Waals surface area (Å²) in [5, 5.41) is 0.617. The number of piperazine rings is 1. The third-order valence-electron chi connectivity index (χ3n) is 4.51. The first-order chi connectivity index (χ1) is 12.6. The fourth-order valence-electron chi connectivity index (χ4n) is 2.98. The number of nitrogens with zero attached hydrogens (tertiary/aromatic N) is 2. The van der Waals surface area contributed by atoms with Crippen LogP contribution < -0.4 is 4.74 Å². The minimum atomic E-state index is -0.00687. The van der Waals surface area contributed by atoms with Crippen molar-refractivity contribution in [3.8, 4) is 5.75 Å². The molecular weight excluding hydrogens is 352 g/mol. The summed E-state index contributed by atoms with van der Waals surface area (Å²) in [5.74, 6) is 0.727. The summed E-state index contributed by atoms with van der Waals surface area (Å²) in [7, 11) is 1.58. The van der Waals surface area contributed by atoms with Crippen LogP contribution in [0.4, 0.5) is 0 Å². The predicted molar refractivity (Wildman–Crippen MR) is 101 cm³/mol. The number of rotatable bonds is 5. The normalized spacial score (nSPS) is 14.9. The Morgan fingerprint density at radius 3 is 2.35 bits per heavy atom. The van der Waals surface area contributed by atoms with Crippen molar-refractivity contribution in [2.24, 2.45) is 0 Å². The average Bonchev–Trinajstić information content (AvgIpc) is 2.68. The van der Waals surface area contributed by atoms with Gasteiger partial charge in [0.15, 0.2) is 5.78 Å². The third kappa shape index (κ3) is 4.42. The molecule has 0 unspecified atom stereocenters. The molecule has 1 aliphatic heterocycles. The van der Waals surface area contributed by atoms with E-state index in [-0.39, 0.29) is 11.7 Å². The number of hydrogen-bond donors (Lipinski definition) is 0. The Morgan fingerprint density at radius 1 is 1.00 bits per heavy atom. The van der Waals surface area contributed by atoms with E-state index in [2.05, 4.69) is 4.90 Å². The van der Waals surface area contributed by atoms with Crippen LogP contribution in [0, 0.1) is 0 Å². The standard InChI is InChI=1S/C20H21ClN2O3/c1-26-18-4-2-3-16(13-18)20(25)23-11-9-22(10-12-23)14-19(24)15-5-7-17(21)8-6-15/h2-8,13H,9-12,14H2,1H3. The van der Waals surface area contributed by atoms with Crippen molar-refractivity contribution in [3.63, 3.8) is 0 Å². The Hall–Kier alpha value is -2.37. The molecule has 0 radical (unpaired) electrons. The molecule has 1 amide bonds. The van der Waals surface area contributed by atoms with E-state index in [1.165, 1.54) is 0 Å². The summed E-state index contributed by atoms with van der Waals surface area (Å²) in [6.45, 7) is 2.90. The lowest BCUT2D eigenvalue weighted by molar-refractivity contribution is 0.0624. The van der Waals surface area contributed by atoms with Gasteiger partial charge in [-0.2, -0.15) is 0 Å². The van der Waals surface area contributed by atoms with Crippen LogP contribution in [-0.2, 0) is 0 Å². The molecule has 0 atom stereocenters. The lowest BCUT2D eigenvalue weighted by atomic mass is 10.1. The van der Waals surface area contributed by atoms with Crippen LogP contribution in [-0.4, -0.2) is 61.3 Å². The van der Waals surface area contributed by atoms with Gasteiger partial charge in [0, 0.05) is 42.3 Å². The molecule has 1 fully saturated rings. The first-order valence-electron chi connectivity index (χ1n) is 8.51. The molecule has 3 rings (SSSR count). The molecule has 1 heterocycles. The van der Waals surface area contributed by atoms with Gasteiger partial charge in [-0.05, 0) is 42.5 Å². The highest BCUT2D eigenvalue weighted by molar-refractivity contribution is 6.30. The van der Waals surface area contributed by atoms with Crippen molar-refractivity contribution in [2.45, 2.75) is 0 Å². The molecule has 1 saturated heterocycles. The van der Waals surface area contributed by atoms with Gasteiger partial charge in [0.25, 0.3) is 5.91 Å². The average molecular weight is 373 g/mol. The van der Waals surface area contributed by atoms with Gasteiger partial charge in [0.2, 0.25) is 0 Å². The number of amides is 1. The van der Waals surface area contributed by atoms with Crippen molar-refractivity contribution in [1.29, 1.82) is 0 Å². The first kappa shape index (κ1) is 18.4. The maximum atomic E-state index is 12.6. The second-order valence-corrected chi connectivity index (χ2v) is 6.67. The molecule has 0 N–H and O–H groups in total. The first-order valence-corrected chi connectivity index (χ1v) is 8.89. The van der Waals surface area contributed by atoms with E-state index in [9.17, 15) is 9.59 Å². The topological polar surface area (TPSA) is 49.9 Å². The second-order valence-electron chi connectivity index (χ2n) is 6.23. The molecular formula is C20H21ClN2O3. The summed E-state index contributed by atoms with van der Waals surface area (Å²) in [5.41, 5.74) is 1.28. The molecule has 0 aromatic heterocycles. The lowest BCUT2D eigenvalue weighted by Crippen LogP contribution is -2.49. The van der Waals surface area contributed by atoms with E-state index in [1.54, 1.807) is 43.5 Å². The zero-order chi connectivity index (χ0) is 18.5. The number of Topliss-reactive ketones (excluding diaryl/α,β-unsaturated/α-hetero) is 1. The van der Waals surface area contributed by atoms with Gasteiger partial charge in [0.1, 0.15) is 5.75 Å². The Bertz CT molecular complexity index is 784. The number of carbonyl (C=O) groups excluding carboxylic acids is 2. The van der Waals surface area contributed by atoms with Gasteiger partial charge in [-0.3, -0.25) is 14.5 Å². The molecule has 2 aromatic carbocycles. The Kier molecular flexibility index (Phi) is 5.91. The van der Waals surface area contributed by atoms with E-state index in [1.807, 2.05) is 17.0 Å². The third-order valence-corrected chi connectivity index (χ3v) is 4.76. The van der Waals surface area contributed by atoms with Crippen molar-refractivity contribution in [3.05, 3.63) is 64.7 Å². The highest BCUT2D eigenvalue weighted by Gasteiger charge is 2.23. The quantitative estimate of drug-likeness (QED) is 0.757. The van der Waals surface area contributed by atoms with Crippen molar-refractivity contribution < 1.29 is 14.3 Å². The van der Waals surface area contributed by atoms with Crippen LogP contribution in [0.1, 0.15) is 20.7 Å². The smallest absolute Gasteiger partial charge is 0.254 e. The van der Waals surface area contributed by atoms with Gasteiger partial charge in [0.05, 0.1) is 13.7 Å².